The van der Waals surface area contributed by atoms with Crippen LogP contribution in [0.25, 0.3) is 21.8 Å². The Balaban J connectivity index is 1.26. The van der Waals surface area contributed by atoms with Crippen LogP contribution in [-0.4, -0.2) is 119 Å². The largest absolute Gasteiger partial charge is 0.424 e. The summed E-state index contributed by atoms with van der Waals surface area (Å²) in [5, 5.41) is 1.91. The summed E-state index contributed by atoms with van der Waals surface area (Å²) < 4.78 is 10.9. The fourth-order valence-corrected chi connectivity index (χ4v) is 6.90. The summed E-state index contributed by atoms with van der Waals surface area (Å²) in [6.45, 7) is 12.2. The van der Waals surface area contributed by atoms with Gasteiger partial charge in [-0.1, -0.05) is 36.4 Å². The van der Waals surface area contributed by atoms with Gasteiger partial charge in [0, 0.05) is 88.5 Å². The lowest BCUT2D eigenvalue weighted by atomic mass is 10.2. The van der Waals surface area contributed by atoms with Crippen LogP contribution in [0, 0.1) is 0 Å². The van der Waals surface area contributed by atoms with E-state index < -0.39 is 0 Å². The second-order valence-electron chi connectivity index (χ2n) is 12.6. The molecule has 4 aromatic rings. The van der Waals surface area contributed by atoms with E-state index >= 15 is 0 Å². The average Bonchev–Trinajstić information content (AvgIpc) is 3.05. The zero-order valence-electron chi connectivity index (χ0n) is 28.7. The summed E-state index contributed by atoms with van der Waals surface area (Å²) in [5.74, 6) is 2.35. The minimum Gasteiger partial charge on any atom is -0.424 e. The number of rotatable bonds is 6. The first kappa shape index (κ1) is 35.7. The third kappa shape index (κ3) is 10.7. The molecule has 0 bridgehead atoms. The number of benzene rings is 2. The van der Waals surface area contributed by atoms with Crippen LogP contribution < -0.4 is 9.47 Å². The molecule has 48 heavy (non-hydrogen) atoms. The number of carbonyl (C=O) groups is 2. The average molecular weight is 673 g/mol. The lowest BCUT2D eigenvalue weighted by molar-refractivity contribution is -0.132. The summed E-state index contributed by atoms with van der Waals surface area (Å²) in [6, 6.07) is 19.7. The van der Waals surface area contributed by atoms with E-state index in [4.69, 9.17) is 19.4 Å². The summed E-state index contributed by atoms with van der Waals surface area (Å²) in [6.07, 6.45) is 1.11. The summed E-state index contributed by atoms with van der Waals surface area (Å²) in [5.41, 5.74) is 3.38. The topological polar surface area (TPSA) is 91.3 Å². The van der Waals surface area contributed by atoms with Crippen molar-refractivity contribution in [2.75, 3.05) is 78.0 Å². The fraction of sp³-hybridized carbons (Fsp3) is 0.459. The molecule has 256 valence electrons. The molecule has 2 aromatic carbocycles. The van der Waals surface area contributed by atoms with Crippen LogP contribution in [-0.2, 0) is 22.7 Å². The Morgan fingerprint density at radius 3 is 1.52 bits per heavy atom. The van der Waals surface area contributed by atoms with E-state index in [0.717, 1.165) is 117 Å². The molecule has 0 N–H and O–H groups in total. The van der Waals surface area contributed by atoms with Crippen LogP contribution in [0.4, 0.5) is 0 Å². The Kier molecular flexibility index (Phi) is 13.2. The van der Waals surface area contributed by atoms with Crippen molar-refractivity contribution in [3.8, 4) is 11.5 Å². The van der Waals surface area contributed by atoms with Crippen LogP contribution in [0.2, 0.25) is 0 Å². The lowest BCUT2D eigenvalue weighted by Crippen LogP contribution is -2.38. The van der Waals surface area contributed by atoms with Crippen LogP contribution in [0.15, 0.2) is 60.7 Å². The quantitative estimate of drug-likeness (QED) is 0.206. The maximum Gasteiger partial charge on any atom is 0.308 e. The van der Waals surface area contributed by atoms with Gasteiger partial charge in [-0.2, -0.15) is 11.8 Å². The predicted molar refractivity (Wildman–Crippen MR) is 194 cm³/mol. The number of carbonyl (C=O) groups excluding carboxylic acids is 2. The van der Waals surface area contributed by atoms with Crippen molar-refractivity contribution in [3.05, 3.63) is 72.1 Å². The van der Waals surface area contributed by atoms with Crippen molar-refractivity contribution in [3.63, 3.8) is 0 Å². The summed E-state index contributed by atoms with van der Waals surface area (Å²) in [4.78, 5) is 43.1. The molecule has 0 radical (unpaired) electrons. The number of para-hydroxylation sites is 2. The van der Waals surface area contributed by atoms with Crippen molar-refractivity contribution < 1.29 is 19.1 Å². The van der Waals surface area contributed by atoms with Gasteiger partial charge in [0.15, 0.2) is 11.5 Å². The first-order valence-corrected chi connectivity index (χ1v) is 17.9. The normalized spacial score (nSPS) is 17.4. The highest BCUT2D eigenvalue weighted by atomic mass is 32.2. The number of thioether (sulfide) groups is 1. The number of fused-ring (bicyclic) bond motifs is 2. The maximum atomic E-state index is 11.7. The predicted octanol–water partition coefficient (Wildman–Crippen LogP) is 4.94. The molecule has 1 aliphatic heterocycles. The number of aromatic nitrogens is 2. The van der Waals surface area contributed by atoms with E-state index in [1.807, 2.05) is 36.0 Å². The molecular formula is C37H48N6O4S. The van der Waals surface area contributed by atoms with Gasteiger partial charge in [-0.25, -0.2) is 9.97 Å². The van der Waals surface area contributed by atoms with Gasteiger partial charge in [0.05, 0.1) is 11.4 Å². The van der Waals surface area contributed by atoms with Gasteiger partial charge in [-0.3, -0.25) is 19.4 Å². The Hall–Kier alpha value is -3.61. The van der Waals surface area contributed by atoms with Crippen LogP contribution in [0.5, 0.6) is 11.5 Å². The minimum absolute atomic E-state index is 0.345. The monoisotopic (exact) mass is 672 g/mol. The minimum atomic E-state index is -0.345. The van der Waals surface area contributed by atoms with Crippen LogP contribution in [0.1, 0.15) is 31.7 Å². The third-order valence-corrected chi connectivity index (χ3v) is 9.48. The Bertz CT molecular complexity index is 1570. The number of likely N-dealkylation sites (N-methyl/N-ethyl adjacent to an activating group) is 2. The van der Waals surface area contributed by atoms with Crippen LogP contribution >= 0.6 is 11.8 Å². The number of esters is 2. The molecule has 0 unspecified atom stereocenters. The van der Waals surface area contributed by atoms with Crippen molar-refractivity contribution in [2.24, 2.45) is 0 Å². The molecule has 5 rings (SSSR count). The van der Waals surface area contributed by atoms with E-state index in [2.05, 4.69) is 58.0 Å². The van der Waals surface area contributed by atoms with Gasteiger partial charge in [0.1, 0.15) is 11.0 Å². The SMILES string of the molecule is CC(=O)Oc1cccc2ccc(CN3CCSCCN(Cc4ccc5cccc(OC(C)=O)c5n4)CCN(C)CCCN(C)CC3)nc12. The van der Waals surface area contributed by atoms with Crippen molar-refractivity contribution in [1.82, 2.24) is 29.6 Å². The van der Waals surface area contributed by atoms with Crippen LogP contribution in [0.3, 0.4) is 0 Å². The molecule has 0 aliphatic carbocycles. The summed E-state index contributed by atoms with van der Waals surface area (Å²) >= 11 is 1.98. The maximum absolute atomic E-state index is 11.7. The fourth-order valence-electron chi connectivity index (χ4n) is 5.92. The second-order valence-corrected chi connectivity index (χ2v) is 13.8. The second kappa shape index (κ2) is 17.7. The first-order chi connectivity index (χ1) is 23.2. The van der Waals surface area contributed by atoms with Gasteiger partial charge < -0.3 is 19.3 Å². The van der Waals surface area contributed by atoms with E-state index in [0.29, 0.717) is 11.5 Å². The standard InChI is InChI=1S/C37H48N6O4S/c1-28(44)46-34-10-5-8-30-12-14-32(38-36(30)34)26-42-20-18-40(3)16-7-17-41(4)19-21-43(23-25-48-24-22-42)27-33-15-13-31-9-6-11-35(37(31)39-33)47-29(2)45/h5-6,8-15H,7,16-27H2,1-4H3. The molecule has 11 heteroatoms. The smallest absolute Gasteiger partial charge is 0.308 e. The Morgan fingerprint density at radius 1 is 0.625 bits per heavy atom. The molecule has 1 fully saturated rings. The summed E-state index contributed by atoms with van der Waals surface area (Å²) in [7, 11) is 4.42. The molecule has 0 amide bonds. The number of nitrogens with zero attached hydrogens (tertiary/aromatic N) is 6. The zero-order chi connectivity index (χ0) is 33.9. The molecule has 0 spiro atoms. The van der Waals surface area contributed by atoms with Crippen molar-refractivity contribution >= 4 is 45.5 Å². The molecular weight excluding hydrogens is 625 g/mol. The van der Waals surface area contributed by atoms with Gasteiger partial charge in [-0.15, -0.1) is 0 Å². The zero-order valence-corrected chi connectivity index (χ0v) is 29.5. The highest BCUT2D eigenvalue weighted by molar-refractivity contribution is 7.99. The number of hydrogen-bond acceptors (Lipinski definition) is 11. The van der Waals surface area contributed by atoms with E-state index in [-0.39, 0.29) is 11.9 Å². The van der Waals surface area contributed by atoms with Crippen molar-refractivity contribution in [2.45, 2.75) is 33.4 Å². The molecule has 0 atom stereocenters. The lowest BCUT2D eigenvalue weighted by Gasteiger charge is -2.28. The molecule has 2 aromatic heterocycles. The molecule has 10 nitrogen and oxygen atoms in total. The molecule has 3 heterocycles. The number of ether oxygens (including phenoxy) is 2. The molecule has 1 aliphatic rings. The Morgan fingerprint density at radius 2 is 1.08 bits per heavy atom. The first-order valence-electron chi connectivity index (χ1n) is 16.8. The highest BCUT2D eigenvalue weighted by Crippen LogP contribution is 2.26. The van der Waals surface area contributed by atoms with Gasteiger partial charge in [-0.05, 0) is 57.9 Å². The van der Waals surface area contributed by atoms with Gasteiger partial charge in [0.2, 0.25) is 0 Å². The third-order valence-electron chi connectivity index (χ3n) is 8.54. The van der Waals surface area contributed by atoms with Gasteiger partial charge >= 0.3 is 11.9 Å². The number of pyridine rings is 2. The Labute approximate surface area is 288 Å². The van der Waals surface area contributed by atoms with E-state index in [1.54, 1.807) is 12.1 Å². The van der Waals surface area contributed by atoms with E-state index in [1.165, 1.54) is 13.8 Å². The number of hydrogen-bond donors (Lipinski definition) is 0. The van der Waals surface area contributed by atoms with Crippen molar-refractivity contribution in [1.29, 1.82) is 0 Å². The molecule has 1 saturated heterocycles. The highest BCUT2D eigenvalue weighted by Gasteiger charge is 2.15. The van der Waals surface area contributed by atoms with Gasteiger partial charge in [0.25, 0.3) is 0 Å². The molecule has 0 saturated carbocycles. The van der Waals surface area contributed by atoms with E-state index in [9.17, 15) is 9.59 Å².